The van der Waals surface area contributed by atoms with Crippen LogP contribution < -0.4 is 44.4 Å². The number of aromatic amines is 3. The van der Waals surface area contributed by atoms with Gasteiger partial charge in [-0.2, -0.15) is 0 Å². The van der Waals surface area contributed by atoms with Crippen LogP contribution in [0, 0.1) is 0 Å². The number of nitrogens with one attached hydrogen (secondary N) is 6. The second kappa shape index (κ2) is 25.5. The molecule has 0 radical (unpaired) electrons. The van der Waals surface area contributed by atoms with E-state index in [1.54, 1.807) is 97.3 Å². The molecule has 438 valence electrons. The Morgan fingerprint density at radius 1 is 0.393 bits per heavy atom. The molecule has 15 nitrogen and oxygen atoms in total. The molecule has 6 N–H and O–H groups in total. The lowest BCUT2D eigenvalue weighted by Gasteiger charge is -2.23. The van der Waals surface area contributed by atoms with Crippen LogP contribution in [0.25, 0.3) is 66.1 Å². The van der Waals surface area contributed by atoms with E-state index < -0.39 is 17.8 Å². The predicted octanol–water partition coefficient (Wildman–Crippen LogP) is 14.6. The number of carbonyl (C=O) groups is 3. The van der Waals surface area contributed by atoms with Gasteiger partial charge in [-0.3, -0.25) is 14.4 Å². The van der Waals surface area contributed by atoms with E-state index in [4.69, 9.17) is 63.2 Å². The fourth-order valence-corrected chi connectivity index (χ4v) is 12.4. The number of hydrogen-bond donors (Lipinski definition) is 6. The number of H-pyrrole nitrogens is 3. The monoisotopic (exact) mass is 1190 g/mol. The molecule has 10 rings (SSSR count). The first kappa shape index (κ1) is 59.2. The highest BCUT2D eigenvalue weighted by Crippen LogP contribution is 2.57. The average Bonchev–Trinajstić information content (AvgIpc) is 1.68. The third kappa shape index (κ3) is 10.6. The van der Waals surface area contributed by atoms with E-state index >= 15 is 14.4 Å². The van der Waals surface area contributed by atoms with Crippen molar-refractivity contribution >= 4 is 85.2 Å². The molecule has 4 heterocycles. The minimum absolute atomic E-state index is 0.294. The van der Waals surface area contributed by atoms with E-state index in [9.17, 15) is 0 Å². The average molecular weight is 1200 g/mol. The number of methoxy groups -OCH3 is 6. The Labute approximate surface area is 503 Å². The highest BCUT2D eigenvalue weighted by atomic mass is 35.5. The Bertz CT molecular complexity index is 3520. The minimum Gasteiger partial charge on any atom is -0.496 e. The van der Waals surface area contributed by atoms with E-state index in [0.29, 0.717) is 188 Å². The van der Waals surface area contributed by atoms with Crippen LogP contribution in [0.2, 0.25) is 15.1 Å². The lowest BCUT2D eigenvalue weighted by molar-refractivity contribution is -0.122. The third-order valence-corrected chi connectivity index (χ3v) is 16.7. The Balaban J connectivity index is 1.55. The van der Waals surface area contributed by atoms with Gasteiger partial charge < -0.3 is 59.3 Å². The Kier molecular flexibility index (Phi) is 18.0. The van der Waals surface area contributed by atoms with Gasteiger partial charge in [-0.25, -0.2) is 0 Å². The summed E-state index contributed by atoms with van der Waals surface area (Å²) in [5.74, 6) is -2.86. The fourth-order valence-electron chi connectivity index (χ4n) is 12.0. The predicted molar refractivity (Wildman–Crippen MR) is 335 cm³/mol. The van der Waals surface area contributed by atoms with Crippen LogP contribution in [-0.2, 0) is 14.4 Å². The van der Waals surface area contributed by atoms with Gasteiger partial charge in [-0.15, -0.1) is 0 Å². The summed E-state index contributed by atoms with van der Waals surface area (Å²) in [5.41, 5.74) is 7.47. The zero-order valence-corrected chi connectivity index (χ0v) is 50.8. The number of fused-ring (bicyclic) bond motifs is 3. The molecule has 3 unspecified atom stereocenters. The van der Waals surface area contributed by atoms with Gasteiger partial charge in [0.2, 0.25) is 17.7 Å². The summed E-state index contributed by atoms with van der Waals surface area (Å²) in [4.78, 5) is 60.0. The molecule has 6 bridgehead atoms. The normalized spacial score (nSPS) is 14.6. The zero-order valence-electron chi connectivity index (χ0n) is 48.6. The SMILES string of the molecule is CCCCNC(=O)C1c2[nH]c3c(c(OC)cc(OC)c3c2-c2ccc(Cl)cc2)C(C(=O)NCCCC)c2[nH]c3c(c(OC)cc(OC)c3c2-c2ccc(Cl)cc2)C(C(=O)NCCCC)c2[nH]c3c1c(OC)cc(OC)c3c2-c1ccc(Cl)cc1. The van der Waals surface area contributed by atoms with Crippen molar-refractivity contribution in [3.8, 4) is 67.9 Å². The molecule has 0 saturated heterocycles. The Morgan fingerprint density at radius 3 is 0.845 bits per heavy atom. The second-order valence-electron chi connectivity index (χ2n) is 20.8. The standard InChI is InChI=1S/C66H69Cl3N6O9/c1-10-13-28-70-64(76)55-52-43(82-7)31-40(79-4)50-47(35-18-24-38(68)25-19-35)59(74-61(50)52)57(66(78)72-30-15-12-3)54-45(84-9)33-42(81-6)51-48(36-20-26-39(69)27-21-36)60(75-63(51)54)56(65(77)71-29-14-11-2)53-44(83-8)32-41(80-5)49-46(58(55)73-62(49)53)34-16-22-37(67)23-17-34/h16-27,31-33,55-57,73-75H,10-15,28-30H2,1-9H3,(H,70,76)(H,71,77)(H,72,78). The molecule has 84 heavy (non-hydrogen) atoms. The van der Waals surface area contributed by atoms with E-state index in [1.807, 2.05) is 36.4 Å². The number of unbranched alkanes of at least 4 members (excludes halogenated alkanes) is 3. The van der Waals surface area contributed by atoms with Crippen LogP contribution in [0.4, 0.5) is 0 Å². The molecule has 3 aromatic heterocycles. The molecule has 18 heteroatoms. The van der Waals surface area contributed by atoms with Gasteiger partial charge in [0.05, 0.1) is 75.4 Å². The molecule has 0 saturated carbocycles. The maximum Gasteiger partial charge on any atom is 0.233 e. The van der Waals surface area contributed by atoms with E-state index in [1.165, 1.54) is 0 Å². The first-order chi connectivity index (χ1) is 40.8. The summed E-state index contributed by atoms with van der Waals surface area (Å²) in [6, 6.07) is 27.4. The number of aromatic nitrogens is 3. The second-order valence-corrected chi connectivity index (χ2v) is 22.1. The molecular weight excluding hydrogens is 1130 g/mol. The minimum atomic E-state index is -1.25. The molecule has 6 aromatic carbocycles. The van der Waals surface area contributed by atoms with Gasteiger partial charge >= 0.3 is 0 Å². The number of halogens is 3. The largest absolute Gasteiger partial charge is 0.496 e. The lowest BCUT2D eigenvalue weighted by atomic mass is 9.84. The summed E-state index contributed by atoms with van der Waals surface area (Å²) in [6.45, 7) is 7.20. The molecule has 0 aliphatic carbocycles. The van der Waals surface area contributed by atoms with Crippen LogP contribution in [0.1, 0.15) is 111 Å². The number of ether oxygens (including phenoxy) is 6. The smallest absolute Gasteiger partial charge is 0.233 e. The topological polar surface area (TPSA) is 190 Å². The van der Waals surface area contributed by atoms with Gasteiger partial charge in [0, 0.05) is 103 Å². The van der Waals surface area contributed by atoms with E-state index in [2.05, 4.69) is 51.7 Å². The summed E-state index contributed by atoms with van der Waals surface area (Å²) in [6.07, 6.45) is 4.46. The van der Waals surface area contributed by atoms with Gasteiger partial charge in [0.25, 0.3) is 0 Å². The molecule has 3 amide bonds. The molecule has 0 fully saturated rings. The van der Waals surface area contributed by atoms with Crippen LogP contribution in [-0.4, -0.2) is 95.0 Å². The third-order valence-electron chi connectivity index (χ3n) is 15.9. The van der Waals surface area contributed by atoms with Crippen molar-refractivity contribution in [3.05, 3.63) is 140 Å². The maximum absolute atomic E-state index is 16.1. The lowest BCUT2D eigenvalue weighted by Crippen LogP contribution is -2.32. The summed E-state index contributed by atoms with van der Waals surface area (Å²) >= 11 is 20.1. The van der Waals surface area contributed by atoms with E-state index in [0.717, 1.165) is 19.3 Å². The highest BCUT2D eigenvalue weighted by molar-refractivity contribution is 6.31. The van der Waals surface area contributed by atoms with Gasteiger partial charge in [-0.1, -0.05) is 111 Å². The van der Waals surface area contributed by atoms with Crippen molar-refractivity contribution in [2.75, 3.05) is 62.3 Å². The van der Waals surface area contributed by atoms with Crippen molar-refractivity contribution in [1.29, 1.82) is 0 Å². The highest BCUT2D eigenvalue weighted by Gasteiger charge is 2.43. The maximum atomic E-state index is 16.1. The van der Waals surface area contributed by atoms with Crippen molar-refractivity contribution in [1.82, 2.24) is 30.9 Å². The van der Waals surface area contributed by atoms with E-state index in [-0.39, 0.29) is 17.7 Å². The summed E-state index contributed by atoms with van der Waals surface area (Å²) in [5, 5.41) is 13.0. The summed E-state index contributed by atoms with van der Waals surface area (Å²) in [7, 11) is 9.36. The van der Waals surface area contributed by atoms with Gasteiger partial charge in [-0.05, 0) is 72.4 Å². The van der Waals surface area contributed by atoms with Crippen LogP contribution >= 0.6 is 34.8 Å². The molecule has 1 aliphatic rings. The molecule has 9 aromatic rings. The molecule has 0 spiro atoms. The molecule has 1 aliphatic heterocycles. The first-order valence-corrected chi connectivity index (χ1v) is 29.5. The van der Waals surface area contributed by atoms with Crippen molar-refractivity contribution in [3.63, 3.8) is 0 Å². The van der Waals surface area contributed by atoms with Crippen molar-refractivity contribution in [2.45, 2.75) is 77.0 Å². The quantitative estimate of drug-likeness (QED) is 0.0380. The Hall–Kier alpha value is -7.98. The zero-order chi connectivity index (χ0) is 59.5. The fraction of sp³-hybridized carbons (Fsp3) is 0.318. The number of amides is 3. The van der Waals surface area contributed by atoms with Crippen LogP contribution in [0.5, 0.6) is 34.5 Å². The number of hydrogen-bond acceptors (Lipinski definition) is 9. The molecule has 3 atom stereocenters. The van der Waals surface area contributed by atoms with Gasteiger partial charge in [0.15, 0.2) is 0 Å². The van der Waals surface area contributed by atoms with Crippen molar-refractivity contribution < 1.29 is 42.8 Å². The van der Waals surface area contributed by atoms with Crippen LogP contribution in [0.3, 0.4) is 0 Å². The van der Waals surface area contributed by atoms with Gasteiger partial charge in [0.1, 0.15) is 52.3 Å². The van der Waals surface area contributed by atoms with Crippen molar-refractivity contribution in [2.24, 2.45) is 0 Å². The Morgan fingerprint density at radius 2 is 0.631 bits per heavy atom. The van der Waals surface area contributed by atoms with Crippen LogP contribution in [0.15, 0.2) is 91.0 Å². The number of rotatable bonds is 21. The number of carbonyl (C=O) groups excluding carboxylic acids is 3. The first-order valence-electron chi connectivity index (χ1n) is 28.3. The molecular formula is C66H69Cl3N6O9. The summed E-state index contributed by atoms with van der Waals surface area (Å²) < 4.78 is 38.6. The number of benzene rings is 6.